The van der Waals surface area contributed by atoms with Crippen molar-refractivity contribution in [3.63, 3.8) is 0 Å². The van der Waals surface area contributed by atoms with Crippen LogP contribution in [0.25, 0.3) is 10.1 Å². The monoisotopic (exact) mass is 242 g/mol. The molecule has 0 N–H and O–H groups in total. The molecule has 0 aliphatic carbocycles. The second-order valence-electron chi connectivity index (χ2n) is 2.82. The Bertz CT molecular complexity index is 462. The van der Waals surface area contributed by atoms with Gasteiger partial charge in [0.05, 0.1) is 12.0 Å². The highest BCUT2D eigenvalue weighted by molar-refractivity contribution is 7.98. The fraction of sp³-hybridized carbons (Fsp3) is 0.200. The third-order valence-corrected chi connectivity index (χ3v) is 4.31. The molecule has 4 heteroatoms. The van der Waals surface area contributed by atoms with Gasteiger partial charge in [0.1, 0.15) is 5.75 Å². The number of thiol groups is 1. The van der Waals surface area contributed by atoms with Gasteiger partial charge in [0.25, 0.3) is 0 Å². The fourth-order valence-electron chi connectivity index (χ4n) is 1.34. The van der Waals surface area contributed by atoms with Crippen molar-refractivity contribution in [2.24, 2.45) is 0 Å². The largest absolute Gasteiger partial charge is 0.496 e. The lowest BCUT2D eigenvalue weighted by Gasteiger charge is -2.06. The molecule has 0 saturated heterocycles. The van der Waals surface area contributed by atoms with Gasteiger partial charge in [-0.3, -0.25) is 0 Å². The first kappa shape index (κ1) is 10.2. The van der Waals surface area contributed by atoms with Crippen LogP contribution in [0.5, 0.6) is 5.75 Å². The minimum Gasteiger partial charge on any atom is -0.496 e. The number of ether oxygens (including phenoxy) is 1. The maximum atomic E-state index is 5.32. The third-order valence-electron chi connectivity index (χ3n) is 2.06. The second-order valence-corrected chi connectivity index (χ2v) is 5.07. The van der Waals surface area contributed by atoms with Gasteiger partial charge in [-0.2, -0.15) is 0 Å². The highest BCUT2D eigenvalue weighted by atomic mass is 32.2. The Morgan fingerprint density at radius 1 is 1.43 bits per heavy atom. The van der Waals surface area contributed by atoms with E-state index < -0.39 is 0 Å². The number of methoxy groups -OCH3 is 1. The molecule has 14 heavy (non-hydrogen) atoms. The number of hydrogen-bond donors (Lipinski definition) is 1. The normalized spacial score (nSPS) is 10.8. The summed E-state index contributed by atoms with van der Waals surface area (Å²) in [6.07, 6.45) is 2.05. The van der Waals surface area contributed by atoms with Crippen LogP contribution < -0.4 is 4.74 Å². The quantitative estimate of drug-likeness (QED) is 0.631. The lowest BCUT2D eigenvalue weighted by atomic mass is 10.2. The number of hydrogen-bond acceptors (Lipinski definition) is 4. The van der Waals surface area contributed by atoms with E-state index in [1.807, 2.05) is 0 Å². The molecule has 0 unspecified atom stereocenters. The zero-order valence-electron chi connectivity index (χ0n) is 7.90. The van der Waals surface area contributed by atoms with Gasteiger partial charge in [-0.1, -0.05) is 0 Å². The first-order valence-electron chi connectivity index (χ1n) is 4.08. The topological polar surface area (TPSA) is 9.23 Å². The Morgan fingerprint density at radius 3 is 2.86 bits per heavy atom. The van der Waals surface area contributed by atoms with Crippen molar-refractivity contribution in [2.45, 2.75) is 9.79 Å². The molecule has 1 nitrogen and oxygen atoms in total. The van der Waals surface area contributed by atoms with Crippen LogP contribution in [-0.2, 0) is 0 Å². The minimum absolute atomic E-state index is 0.929. The predicted molar refractivity (Wildman–Crippen MR) is 67.4 cm³/mol. The molecular weight excluding hydrogens is 232 g/mol. The van der Waals surface area contributed by atoms with Crippen molar-refractivity contribution in [3.8, 4) is 5.75 Å². The number of benzene rings is 1. The smallest absolute Gasteiger partial charge is 0.133 e. The molecule has 0 bridgehead atoms. The van der Waals surface area contributed by atoms with Crippen LogP contribution in [-0.4, -0.2) is 13.4 Å². The average Bonchev–Trinajstić information content (AvgIpc) is 2.58. The van der Waals surface area contributed by atoms with E-state index in [-0.39, 0.29) is 0 Å². The molecule has 2 rings (SSSR count). The Balaban J connectivity index is 2.71. The number of rotatable bonds is 2. The second kappa shape index (κ2) is 4.04. The van der Waals surface area contributed by atoms with Crippen molar-refractivity contribution in [1.82, 2.24) is 0 Å². The first-order valence-corrected chi connectivity index (χ1v) is 6.63. The minimum atomic E-state index is 0.929. The standard InChI is InChI=1S/C10H10OS3/c1-11-7-3-6-8(12)5-14-9(6)4-10(7)13-2/h3-5,12H,1-2H3. The molecule has 0 spiro atoms. The van der Waals surface area contributed by atoms with Crippen molar-refractivity contribution in [3.05, 3.63) is 17.5 Å². The van der Waals surface area contributed by atoms with Crippen LogP contribution >= 0.6 is 35.7 Å². The van der Waals surface area contributed by atoms with Gasteiger partial charge in [-0.05, 0) is 18.4 Å². The Morgan fingerprint density at radius 2 is 2.21 bits per heavy atom. The van der Waals surface area contributed by atoms with Crippen LogP contribution in [0, 0.1) is 0 Å². The molecule has 2 aromatic rings. The van der Waals surface area contributed by atoms with Crippen LogP contribution in [0.2, 0.25) is 0 Å². The molecular formula is C10H10OS3. The third kappa shape index (κ3) is 1.62. The van der Waals surface area contributed by atoms with Crippen LogP contribution in [0.4, 0.5) is 0 Å². The lowest BCUT2D eigenvalue weighted by Crippen LogP contribution is -1.85. The maximum Gasteiger partial charge on any atom is 0.133 e. The summed E-state index contributed by atoms with van der Waals surface area (Å²) in [5.74, 6) is 0.929. The van der Waals surface area contributed by atoms with Crippen LogP contribution in [0.15, 0.2) is 27.3 Å². The van der Waals surface area contributed by atoms with Crippen molar-refractivity contribution < 1.29 is 4.74 Å². The van der Waals surface area contributed by atoms with Crippen molar-refractivity contribution in [1.29, 1.82) is 0 Å². The predicted octanol–water partition coefficient (Wildman–Crippen LogP) is 3.92. The Kier molecular flexibility index (Phi) is 2.95. The molecule has 0 amide bonds. The Hall–Kier alpha value is -0.320. The van der Waals surface area contributed by atoms with Crippen LogP contribution in [0.3, 0.4) is 0 Å². The highest BCUT2D eigenvalue weighted by Crippen LogP contribution is 2.37. The maximum absolute atomic E-state index is 5.32. The molecule has 1 heterocycles. The first-order chi connectivity index (χ1) is 6.76. The highest BCUT2D eigenvalue weighted by Gasteiger charge is 2.07. The lowest BCUT2D eigenvalue weighted by molar-refractivity contribution is 0.405. The van der Waals surface area contributed by atoms with Gasteiger partial charge in [0, 0.05) is 20.4 Å². The molecule has 0 radical (unpaired) electrons. The molecule has 0 saturated carbocycles. The van der Waals surface area contributed by atoms with Gasteiger partial charge >= 0.3 is 0 Å². The zero-order chi connectivity index (χ0) is 10.1. The van der Waals surface area contributed by atoms with E-state index in [1.54, 1.807) is 30.2 Å². The summed E-state index contributed by atoms with van der Waals surface area (Å²) in [4.78, 5) is 2.20. The molecule has 0 aliphatic rings. The number of thiophene rings is 1. The summed E-state index contributed by atoms with van der Waals surface area (Å²) in [6.45, 7) is 0. The van der Waals surface area contributed by atoms with E-state index >= 15 is 0 Å². The summed E-state index contributed by atoms with van der Waals surface area (Å²) in [5.41, 5.74) is 0. The summed E-state index contributed by atoms with van der Waals surface area (Å²) in [6, 6.07) is 4.21. The zero-order valence-corrected chi connectivity index (χ0v) is 10.4. The average molecular weight is 242 g/mol. The SMILES string of the molecule is COc1cc2c(S)csc2cc1SC. The molecule has 1 aromatic carbocycles. The van der Waals surface area contributed by atoms with Gasteiger partial charge in [0.15, 0.2) is 0 Å². The Labute approximate surface area is 96.9 Å². The number of fused-ring (bicyclic) bond motifs is 1. The van der Waals surface area contributed by atoms with Crippen molar-refractivity contribution >= 4 is 45.8 Å². The van der Waals surface area contributed by atoms with Gasteiger partial charge in [-0.25, -0.2) is 0 Å². The fourth-order valence-corrected chi connectivity index (χ4v) is 3.26. The van der Waals surface area contributed by atoms with E-state index in [2.05, 4.69) is 36.4 Å². The molecule has 0 atom stereocenters. The van der Waals surface area contributed by atoms with Gasteiger partial charge in [-0.15, -0.1) is 35.7 Å². The number of thioether (sulfide) groups is 1. The summed E-state index contributed by atoms with van der Waals surface area (Å²) in [5, 5.41) is 3.23. The van der Waals surface area contributed by atoms with Gasteiger partial charge < -0.3 is 4.74 Å². The van der Waals surface area contributed by atoms with E-state index in [9.17, 15) is 0 Å². The van der Waals surface area contributed by atoms with E-state index in [1.165, 1.54) is 15.0 Å². The van der Waals surface area contributed by atoms with E-state index in [4.69, 9.17) is 4.74 Å². The molecule has 0 fully saturated rings. The van der Waals surface area contributed by atoms with E-state index in [0.29, 0.717) is 0 Å². The molecule has 1 aromatic heterocycles. The van der Waals surface area contributed by atoms with E-state index in [0.717, 1.165) is 10.6 Å². The molecule has 74 valence electrons. The van der Waals surface area contributed by atoms with Crippen molar-refractivity contribution in [2.75, 3.05) is 13.4 Å². The van der Waals surface area contributed by atoms with Crippen LogP contribution in [0.1, 0.15) is 0 Å². The summed E-state index contributed by atoms with van der Waals surface area (Å²) >= 11 is 7.82. The van der Waals surface area contributed by atoms with Gasteiger partial charge in [0.2, 0.25) is 0 Å². The molecule has 0 aliphatic heterocycles. The summed E-state index contributed by atoms with van der Waals surface area (Å²) < 4.78 is 6.58. The summed E-state index contributed by atoms with van der Waals surface area (Å²) in [7, 11) is 1.70.